The summed E-state index contributed by atoms with van der Waals surface area (Å²) < 4.78 is 0. The molecule has 1 aromatic rings. The van der Waals surface area contributed by atoms with Gasteiger partial charge in [0.1, 0.15) is 22.5 Å². The molecule has 0 aliphatic carbocycles. The first-order valence-corrected chi connectivity index (χ1v) is 7.47. The number of nitrogens with zero attached hydrogens (tertiary/aromatic N) is 2. The van der Waals surface area contributed by atoms with Crippen molar-refractivity contribution in [1.82, 2.24) is 20.6 Å². The second-order valence-electron chi connectivity index (χ2n) is 5.70. The zero-order chi connectivity index (χ0) is 19.8. The Morgan fingerprint density at radius 1 is 0.692 bits per heavy atom. The topological polar surface area (TPSA) is 205 Å². The van der Waals surface area contributed by atoms with Crippen molar-refractivity contribution in [3.05, 3.63) is 23.8 Å². The molecule has 0 atom stereocenters. The van der Waals surface area contributed by atoms with Crippen molar-refractivity contribution in [3.8, 4) is 0 Å². The van der Waals surface area contributed by atoms with Crippen LogP contribution >= 0.6 is 0 Å². The molecule has 0 bridgehead atoms. The average Bonchev–Trinajstić information content (AvgIpc) is 2.70. The molecule has 0 unspecified atom stereocenters. The molecular formula is C14H22N4O8. The van der Waals surface area contributed by atoms with Gasteiger partial charge in [0.15, 0.2) is 0 Å². The highest BCUT2D eigenvalue weighted by molar-refractivity contribution is 5.95. The van der Waals surface area contributed by atoms with Gasteiger partial charge in [-0.1, -0.05) is 0 Å². The maximum absolute atomic E-state index is 12.0. The van der Waals surface area contributed by atoms with E-state index in [1.807, 2.05) is 0 Å². The molecule has 0 aliphatic heterocycles. The number of carbonyl (C=O) groups is 2. The summed E-state index contributed by atoms with van der Waals surface area (Å²) in [6, 6.07) is 0. The number of carbonyl (C=O) groups excluding carboxylic acids is 2. The van der Waals surface area contributed by atoms with Crippen molar-refractivity contribution < 1.29 is 40.2 Å². The van der Waals surface area contributed by atoms with Crippen LogP contribution < -0.4 is 10.6 Å². The summed E-state index contributed by atoms with van der Waals surface area (Å²) in [6.07, 6.45) is 1.89. The largest absolute Gasteiger partial charge is 0.394 e. The molecule has 2 amide bonds. The van der Waals surface area contributed by atoms with Gasteiger partial charge in [-0.25, -0.2) is 9.97 Å². The van der Waals surface area contributed by atoms with E-state index in [0.29, 0.717) is 0 Å². The highest BCUT2D eigenvalue weighted by Gasteiger charge is 2.32. The van der Waals surface area contributed by atoms with Crippen molar-refractivity contribution in [3.63, 3.8) is 0 Å². The van der Waals surface area contributed by atoms with Gasteiger partial charge in [0, 0.05) is 0 Å². The lowest BCUT2D eigenvalue weighted by Gasteiger charge is -2.28. The molecule has 1 heterocycles. The van der Waals surface area contributed by atoms with Crippen LogP contribution in [-0.4, -0.2) is 103 Å². The van der Waals surface area contributed by atoms with Crippen LogP contribution in [0.5, 0.6) is 0 Å². The van der Waals surface area contributed by atoms with E-state index in [4.69, 9.17) is 0 Å². The molecule has 12 nitrogen and oxygen atoms in total. The third-order valence-corrected chi connectivity index (χ3v) is 3.69. The van der Waals surface area contributed by atoms with Gasteiger partial charge in [0.25, 0.3) is 11.8 Å². The first-order chi connectivity index (χ1) is 12.3. The number of hydrogen-bond acceptors (Lipinski definition) is 10. The first kappa shape index (κ1) is 21.8. The Bertz CT molecular complexity index is 532. The van der Waals surface area contributed by atoms with E-state index in [-0.39, 0.29) is 11.4 Å². The lowest BCUT2D eigenvalue weighted by atomic mass is 10.0. The van der Waals surface area contributed by atoms with Gasteiger partial charge in [-0.05, 0) is 0 Å². The minimum atomic E-state index is -1.64. The normalized spacial score (nSPS) is 11.9. The van der Waals surface area contributed by atoms with Crippen molar-refractivity contribution in [1.29, 1.82) is 0 Å². The summed E-state index contributed by atoms with van der Waals surface area (Å²) in [4.78, 5) is 31.5. The quantitative estimate of drug-likeness (QED) is 0.196. The van der Waals surface area contributed by atoms with Gasteiger partial charge in [0.2, 0.25) is 0 Å². The van der Waals surface area contributed by atoms with Gasteiger partial charge < -0.3 is 41.3 Å². The molecule has 0 spiro atoms. The number of amides is 2. The van der Waals surface area contributed by atoms with Crippen LogP contribution in [0, 0.1) is 0 Å². The smallest absolute Gasteiger partial charge is 0.272 e. The summed E-state index contributed by atoms with van der Waals surface area (Å²) >= 11 is 0. The van der Waals surface area contributed by atoms with Gasteiger partial charge in [0.05, 0.1) is 52.0 Å². The molecule has 0 aromatic carbocycles. The van der Waals surface area contributed by atoms with Crippen molar-refractivity contribution in [2.75, 3.05) is 39.6 Å². The van der Waals surface area contributed by atoms with E-state index in [2.05, 4.69) is 20.6 Å². The van der Waals surface area contributed by atoms with E-state index in [9.17, 15) is 40.2 Å². The van der Waals surface area contributed by atoms with Crippen molar-refractivity contribution in [2.45, 2.75) is 11.1 Å². The van der Waals surface area contributed by atoms with Crippen LogP contribution in [0.15, 0.2) is 12.4 Å². The van der Waals surface area contributed by atoms with Crippen LogP contribution in [-0.2, 0) is 0 Å². The van der Waals surface area contributed by atoms with Gasteiger partial charge >= 0.3 is 0 Å². The third kappa shape index (κ3) is 4.91. The number of rotatable bonds is 10. The fraction of sp³-hybridized carbons (Fsp3) is 0.571. The molecule has 0 fully saturated rings. The molecule has 1 rings (SSSR count). The molecule has 1 aromatic heterocycles. The Balaban J connectivity index is 2.88. The predicted octanol–water partition coefficient (Wildman–Crippen LogP) is -4.63. The first-order valence-electron chi connectivity index (χ1n) is 7.47. The van der Waals surface area contributed by atoms with Crippen molar-refractivity contribution in [2.24, 2.45) is 0 Å². The highest BCUT2D eigenvalue weighted by atomic mass is 16.3. The fourth-order valence-electron chi connectivity index (χ4n) is 1.71. The standard InChI is InChI=1S/C14H22N4O8/c19-3-13(4-20,5-21)17-11(25)9-1-15-10(2-16-9)12(26)18-14(6-22,7-23)8-24/h1-2,19-24H,3-8H2,(H,17,25)(H,18,26). The third-order valence-electron chi connectivity index (χ3n) is 3.69. The zero-order valence-electron chi connectivity index (χ0n) is 13.8. The predicted molar refractivity (Wildman–Crippen MR) is 84.9 cm³/mol. The Labute approximate surface area is 148 Å². The monoisotopic (exact) mass is 374 g/mol. The Kier molecular flexibility index (Phi) is 7.95. The summed E-state index contributed by atoms with van der Waals surface area (Å²) in [7, 11) is 0. The molecular weight excluding hydrogens is 352 g/mol. The van der Waals surface area contributed by atoms with Crippen LogP contribution in [0.2, 0.25) is 0 Å². The Morgan fingerprint density at radius 2 is 0.962 bits per heavy atom. The van der Waals surface area contributed by atoms with Crippen LogP contribution in [0.4, 0.5) is 0 Å². The van der Waals surface area contributed by atoms with Crippen molar-refractivity contribution >= 4 is 11.8 Å². The summed E-state index contributed by atoms with van der Waals surface area (Å²) in [5.74, 6) is -1.70. The average molecular weight is 374 g/mol. The number of aliphatic hydroxyl groups excluding tert-OH is 6. The molecule has 146 valence electrons. The van der Waals surface area contributed by atoms with E-state index >= 15 is 0 Å². The minimum absolute atomic E-state index is 0.251. The molecule has 8 N–H and O–H groups in total. The number of aliphatic hydroxyl groups is 6. The molecule has 0 saturated carbocycles. The molecule has 0 aliphatic rings. The summed E-state index contributed by atoms with van der Waals surface area (Å²) in [5.41, 5.74) is -3.78. The number of aromatic nitrogens is 2. The molecule has 0 radical (unpaired) electrons. The lowest BCUT2D eigenvalue weighted by molar-refractivity contribution is 0.0370. The van der Waals surface area contributed by atoms with Crippen LogP contribution in [0.25, 0.3) is 0 Å². The Morgan fingerprint density at radius 3 is 1.15 bits per heavy atom. The van der Waals surface area contributed by atoms with Gasteiger partial charge in [-0.2, -0.15) is 0 Å². The number of nitrogens with one attached hydrogen (secondary N) is 2. The van der Waals surface area contributed by atoms with Gasteiger partial charge in [-0.15, -0.1) is 0 Å². The number of hydrogen-bond donors (Lipinski definition) is 8. The van der Waals surface area contributed by atoms with Crippen LogP contribution in [0.1, 0.15) is 21.0 Å². The second-order valence-corrected chi connectivity index (χ2v) is 5.70. The lowest BCUT2D eigenvalue weighted by Crippen LogP contribution is -2.57. The highest BCUT2D eigenvalue weighted by Crippen LogP contribution is 2.06. The van der Waals surface area contributed by atoms with E-state index in [1.165, 1.54) is 0 Å². The SMILES string of the molecule is O=C(NC(CO)(CO)CO)c1cnc(C(=O)NC(CO)(CO)CO)cn1. The maximum Gasteiger partial charge on any atom is 0.272 e. The second kappa shape index (κ2) is 9.47. The van der Waals surface area contributed by atoms with E-state index < -0.39 is 62.5 Å². The molecule has 0 saturated heterocycles. The van der Waals surface area contributed by atoms with E-state index in [1.54, 1.807) is 0 Å². The molecule has 26 heavy (non-hydrogen) atoms. The Hall–Kier alpha value is -2.22. The zero-order valence-corrected chi connectivity index (χ0v) is 13.8. The minimum Gasteiger partial charge on any atom is -0.394 e. The fourth-order valence-corrected chi connectivity index (χ4v) is 1.71. The summed E-state index contributed by atoms with van der Waals surface area (Å²) in [6.45, 7) is -4.30. The van der Waals surface area contributed by atoms with Crippen LogP contribution in [0.3, 0.4) is 0 Å². The maximum atomic E-state index is 12.0. The summed E-state index contributed by atoms with van der Waals surface area (Å²) in [5, 5.41) is 59.5. The molecule has 12 heteroatoms. The van der Waals surface area contributed by atoms with Gasteiger partial charge in [-0.3, -0.25) is 9.59 Å². The van der Waals surface area contributed by atoms with E-state index in [0.717, 1.165) is 12.4 Å².